The zero-order chi connectivity index (χ0) is 14.7. The molecule has 2 rings (SSSR count). The predicted molar refractivity (Wildman–Crippen MR) is 87.9 cm³/mol. The van der Waals surface area contributed by atoms with E-state index in [1.165, 1.54) is 0 Å². The van der Waals surface area contributed by atoms with Crippen molar-refractivity contribution in [1.29, 1.82) is 0 Å². The van der Waals surface area contributed by atoms with Crippen molar-refractivity contribution in [3.05, 3.63) is 61.5 Å². The van der Waals surface area contributed by atoms with E-state index in [2.05, 4.69) is 31.9 Å². The van der Waals surface area contributed by atoms with Gasteiger partial charge >= 0.3 is 0 Å². The molecule has 0 fully saturated rings. The monoisotopic (exact) mass is 416 g/mol. The molecule has 2 nitrogen and oxygen atoms in total. The number of hydrogen-bond donors (Lipinski definition) is 0. The quantitative estimate of drug-likeness (QED) is 0.614. The van der Waals surface area contributed by atoms with E-state index in [0.717, 1.165) is 8.95 Å². The fraction of sp³-hybridized carbons (Fsp3) is 0.133. The van der Waals surface area contributed by atoms with Crippen molar-refractivity contribution in [3.8, 4) is 5.75 Å². The molecule has 20 heavy (non-hydrogen) atoms. The van der Waals surface area contributed by atoms with Crippen LogP contribution in [0.1, 0.15) is 22.8 Å². The highest BCUT2D eigenvalue weighted by atomic mass is 79.9. The van der Waals surface area contributed by atoms with E-state index in [1.807, 2.05) is 13.0 Å². The van der Waals surface area contributed by atoms with Gasteiger partial charge < -0.3 is 4.74 Å². The number of ketones is 1. The zero-order valence-corrected chi connectivity index (χ0v) is 14.5. The van der Waals surface area contributed by atoms with Gasteiger partial charge in [-0.25, -0.2) is 0 Å². The van der Waals surface area contributed by atoms with Crippen molar-refractivity contribution in [3.63, 3.8) is 0 Å². The van der Waals surface area contributed by atoms with Gasteiger partial charge in [-0.2, -0.15) is 0 Å². The van der Waals surface area contributed by atoms with Crippen molar-refractivity contribution in [2.45, 2.75) is 6.92 Å². The second-order valence-corrected chi connectivity index (χ2v) is 6.21. The molecule has 2 aromatic rings. The Bertz CT molecular complexity index is 656. The molecule has 0 amide bonds. The fourth-order valence-corrected chi connectivity index (χ4v) is 2.54. The topological polar surface area (TPSA) is 26.3 Å². The summed E-state index contributed by atoms with van der Waals surface area (Å²) in [7, 11) is 0. The van der Waals surface area contributed by atoms with Gasteiger partial charge in [0.15, 0.2) is 5.78 Å². The molecule has 0 aliphatic rings. The Morgan fingerprint density at radius 2 is 1.95 bits per heavy atom. The summed E-state index contributed by atoms with van der Waals surface area (Å²) in [5.41, 5.74) is 1.04. The number of hydrogen-bond acceptors (Lipinski definition) is 2. The van der Waals surface area contributed by atoms with E-state index in [1.54, 1.807) is 30.3 Å². The summed E-state index contributed by atoms with van der Waals surface area (Å²) >= 11 is 12.7. The first-order valence-electron chi connectivity index (χ1n) is 5.95. The maximum Gasteiger partial charge on any atom is 0.196 e. The van der Waals surface area contributed by atoms with Crippen molar-refractivity contribution >= 4 is 49.2 Å². The molecule has 0 radical (unpaired) electrons. The molecule has 0 heterocycles. The molecule has 0 bridgehead atoms. The molecule has 0 aliphatic carbocycles. The van der Waals surface area contributed by atoms with Gasteiger partial charge in [0.2, 0.25) is 0 Å². The highest BCUT2D eigenvalue weighted by Crippen LogP contribution is 2.28. The van der Waals surface area contributed by atoms with Crippen molar-refractivity contribution < 1.29 is 9.53 Å². The number of rotatable bonds is 4. The number of ether oxygens (including phenoxy) is 1. The van der Waals surface area contributed by atoms with Crippen molar-refractivity contribution in [1.82, 2.24) is 0 Å². The Kier molecular flexibility index (Phi) is 5.24. The van der Waals surface area contributed by atoms with E-state index in [4.69, 9.17) is 16.3 Å². The molecule has 104 valence electrons. The Labute approximate surface area is 139 Å². The number of carbonyl (C=O) groups excluding carboxylic acids is 1. The Hall–Kier alpha value is -0.840. The lowest BCUT2D eigenvalue weighted by Gasteiger charge is -2.10. The third-order valence-electron chi connectivity index (χ3n) is 2.67. The van der Waals surface area contributed by atoms with Crippen LogP contribution in [0.4, 0.5) is 0 Å². The summed E-state index contributed by atoms with van der Waals surface area (Å²) in [6.07, 6.45) is 0. The molecule has 0 atom stereocenters. The molecule has 2 aromatic carbocycles. The van der Waals surface area contributed by atoms with Crippen LogP contribution < -0.4 is 4.74 Å². The van der Waals surface area contributed by atoms with Crippen LogP contribution in [0.15, 0.2) is 45.3 Å². The van der Waals surface area contributed by atoms with Gasteiger partial charge in [0, 0.05) is 14.5 Å². The standard InChI is InChI=1S/C15H11Br2ClO2/c1-2-20-14-6-4-10(16)8-11(14)15(19)9-3-5-12(17)13(18)7-9/h3-8H,2H2,1H3. The lowest BCUT2D eigenvalue weighted by molar-refractivity contribution is 0.103. The molecule has 0 aromatic heterocycles. The summed E-state index contributed by atoms with van der Waals surface area (Å²) in [5.74, 6) is 0.448. The molecular formula is C15H11Br2ClO2. The van der Waals surface area contributed by atoms with Crippen LogP contribution in [0.5, 0.6) is 5.75 Å². The molecule has 0 spiro atoms. The Morgan fingerprint density at radius 1 is 1.20 bits per heavy atom. The third kappa shape index (κ3) is 3.43. The van der Waals surface area contributed by atoms with Gasteiger partial charge in [0.1, 0.15) is 5.75 Å². The number of carbonyl (C=O) groups is 1. The first-order chi connectivity index (χ1) is 9.52. The first kappa shape index (κ1) is 15.5. The maximum atomic E-state index is 12.6. The van der Waals surface area contributed by atoms with Gasteiger partial charge in [-0.3, -0.25) is 4.79 Å². The molecule has 0 aliphatic heterocycles. The minimum absolute atomic E-state index is 0.121. The smallest absolute Gasteiger partial charge is 0.196 e. The van der Waals surface area contributed by atoms with Crippen LogP contribution in [0.3, 0.4) is 0 Å². The minimum atomic E-state index is -0.121. The Morgan fingerprint density at radius 3 is 2.60 bits per heavy atom. The average Bonchev–Trinajstić information content (AvgIpc) is 2.43. The normalized spacial score (nSPS) is 10.4. The molecule has 0 unspecified atom stereocenters. The maximum absolute atomic E-state index is 12.6. The zero-order valence-electron chi connectivity index (χ0n) is 10.6. The highest BCUT2D eigenvalue weighted by molar-refractivity contribution is 9.10. The number of benzene rings is 2. The van der Waals surface area contributed by atoms with Crippen molar-refractivity contribution in [2.24, 2.45) is 0 Å². The lowest BCUT2D eigenvalue weighted by Crippen LogP contribution is -2.05. The van der Waals surface area contributed by atoms with E-state index in [0.29, 0.717) is 28.5 Å². The molecule has 0 N–H and O–H groups in total. The second kappa shape index (κ2) is 6.74. The van der Waals surface area contributed by atoms with E-state index in [9.17, 15) is 4.79 Å². The van der Waals surface area contributed by atoms with Crippen LogP contribution in [-0.4, -0.2) is 12.4 Å². The van der Waals surface area contributed by atoms with Gasteiger partial charge in [-0.15, -0.1) is 0 Å². The fourth-order valence-electron chi connectivity index (χ4n) is 1.75. The second-order valence-electron chi connectivity index (χ2n) is 4.03. The van der Waals surface area contributed by atoms with Crippen LogP contribution in [0, 0.1) is 0 Å². The van der Waals surface area contributed by atoms with Gasteiger partial charge in [0.05, 0.1) is 17.2 Å². The summed E-state index contributed by atoms with van der Waals surface area (Å²) in [6.45, 7) is 2.38. The highest BCUT2D eigenvalue weighted by Gasteiger charge is 2.16. The first-order valence-corrected chi connectivity index (χ1v) is 7.91. The van der Waals surface area contributed by atoms with Gasteiger partial charge in [-0.1, -0.05) is 27.5 Å². The predicted octanol–water partition coefficient (Wildman–Crippen LogP) is 5.49. The molecule has 0 saturated heterocycles. The molecule has 5 heteroatoms. The third-order valence-corrected chi connectivity index (χ3v) is 4.39. The van der Waals surface area contributed by atoms with Crippen LogP contribution in [0.25, 0.3) is 0 Å². The largest absolute Gasteiger partial charge is 0.493 e. The lowest BCUT2D eigenvalue weighted by atomic mass is 10.0. The van der Waals surface area contributed by atoms with Crippen LogP contribution in [0.2, 0.25) is 5.02 Å². The summed E-state index contributed by atoms with van der Waals surface area (Å²) in [5, 5.41) is 0.504. The molecular weight excluding hydrogens is 407 g/mol. The van der Waals surface area contributed by atoms with Gasteiger partial charge in [0.25, 0.3) is 0 Å². The van der Waals surface area contributed by atoms with E-state index < -0.39 is 0 Å². The summed E-state index contributed by atoms with van der Waals surface area (Å²) in [4.78, 5) is 12.6. The summed E-state index contributed by atoms with van der Waals surface area (Å²) in [6, 6.07) is 10.5. The van der Waals surface area contributed by atoms with E-state index >= 15 is 0 Å². The Balaban J connectivity index is 2.46. The van der Waals surface area contributed by atoms with Gasteiger partial charge in [-0.05, 0) is 59.3 Å². The SMILES string of the molecule is CCOc1ccc(Br)cc1C(=O)c1ccc(Br)c(Cl)c1. The van der Waals surface area contributed by atoms with E-state index in [-0.39, 0.29) is 5.78 Å². The molecule has 0 saturated carbocycles. The summed E-state index contributed by atoms with van der Waals surface area (Å²) < 4.78 is 7.09. The average molecular weight is 419 g/mol. The van der Waals surface area contributed by atoms with Crippen molar-refractivity contribution in [2.75, 3.05) is 6.61 Å². The van der Waals surface area contributed by atoms with Crippen LogP contribution in [-0.2, 0) is 0 Å². The number of halogens is 3. The minimum Gasteiger partial charge on any atom is -0.493 e. The van der Waals surface area contributed by atoms with Crippen LogP contribution >= 0.6 is 43.5 Å².